The molecule has 55 valence electrons. The maximum Gasteiger partial charge on any atom is 0.162 e. The van der Waals surface area contributed by atoms with E-state index in [0.717, 1.165) is 0 Å². The number of aromatic nitrogens is 4. The molecule has 4 nitrogen and oxygen atoms in total. The van der Waals surface area contributed by atoms with Crippen molar-refractivity contribution >= 4 is 11.3 Å². The van der Waals surface area contributed by atoms with Crippen molar-refractivity contribution in [1.29, 1.82) is 0 Å². The third kappa shape index (κ3) is 1.43. The molecule has 0 spiro atoms. The van der Waals surface area contributed by atoms with Gasteiger partial charge >= 0.3 is 0 Å². The highest BCUT2D eigenvalue weighted by Gasteiger charge is 1.95. The zero-order chi connectivity index (χ0) is 7.52. The van der Waals surface area contributed by atoms with E-state index >= 15 is 0 Å². The Balaban J connectivity index is 2.14. The Morgan fingerprint density at radius 3 is 3.27 bits per heavy atom. The highest BCUT2D eigenvalue weighted by molar-refractivity contribution is 7.09. The van der Waals surface area contributed by atoms with Crippen molar-refractivity contribution in [3.63, 3.8) is 0 Å². The molecule has 2 rings (SSSR count). The molecule has 0 N–H and O–H groups in total. The molecule has 0 aliphatic carbocycles. The van der Waals surface area contributed by atoms with Gasteiger partial charge in [-0.3, -0.25) is 0 Å². The fourth-order valence-electron chi connectivity index (χ4n) is 0.756. The van der Waals surface area contributed by atoms with Gasteiger partial charge < -0.3 is 0 Å². The van der Waals surface area contributed by atoms with Crippen molar-refractivity contribution in [2.24, 2.45) is 0 Å². The first-order valence-electron chi connectivity index (χ1n) is 3.11. The van der Waals surface area contributed by atoms with Gasteiger partial charge in [-0.1, -0.05) is 0 Å². The van der Waals surface area contributed by atoms with E-state index in [1.807, 2.05) is 12.1 Å². The number of nitrogens with zero attached hydrogens (tertiary/aromatic N) is 4. The lowest BCUT2D eigenvalue weighted by Gasteiger charge is -1.91. The Bertz CT molecular complexity index is 267. The molecule has 0 fully saturated rings. The summed E-state index contributed by atoms with van der Waals surface area (Å²) in [6.07, 6.45) is 1.43. The van der Waals surface area contributed by atoms with E-state index < -0.39 is 0 Å². The van der Waals surface area contributed by atoms with Crippen LogP contribution in [0.2, 0.25) is 0 Å². The van der Waals surface area contributed by atoms with Crippen LogP contribution < -0.4 is 0 Å². The molecule has 1 radical (unpaired) electrons. The Labute approximate surface area is 67.5 Å². The molecule has 0 aliphatic rings. The maximum atomic E-state index is 3.88. The normalized spacial score (nSPS) is 10.2. The van der Waals surface area contributed by atoms with Crippen molar-refractivity contribution < 1.29 is 0 Å². The van der Waals surface area contributed by atoms with Gasteiger partial charge in [-0.2, -0.15) is 4.80 Å². The highest BCUT2D eigenvalue weighted by Crippen LogP contribution is 2.07. The molecule has 2 aromatic rings. The fourth-order valence-corrected chi connectivity index (χ4v) is 1.36. The molecule has 11 heavy (non-hydrogen) atoms. The lowest BCUT2D eigenvalue weighted by molar-refractivity contribution is 0.577. The second kappa shape index (κ2) is 2.79. The minimum atomic E-state index is 0.689. The van der Waals surface area contributed by atoms with Crippen molar-refractivity contribution in [1.82, 2.24) is 20.2 Å². The Kier molecular flexibility index (Phi) is 1.64. The summed E-state index contributed by atoms with van der Waals surface area (Å²) in [7, 11) is 0. The van der Waals surface area contributed by atoms with E-state index in [4.69, 9.17) is 0 Å². The summed E-state index contributed by atoms with van der Waals surface area (Å²) in [6.45, 7) is 0.689. The lowest BCUT2D eigenvalue weighted by Crippen LogP contribution is -2.01. The quantitative estimate of drug-likeness (QED) is 0.654. The smallest absolute Gasteiger partial charge is 0.159 e. The van der Waals surface area contributed by atoms with Crippen molar-refractivity contribution in [3.05, 3.63) is 28.7 Å². The molecule has 0 atom stereocenters. The van der Waals surface area contributed by atoms with Crippen LogP contribution >= 0.6 is 11.3 Å². The standard InChI is InChI=1S/C6H5N4S/c1-2-6(11-3-1)4-10-8-5-7-9-10/h1-2,5H,4H2. The predicted octanol–water partition coefficient (Wildman–Crippen LogP) is 0.583. The van der Waals surface area contributed by atoms with Gasteiger partial charge in [0.15, 0.2) is 6.33 Å². The maximum absolute atomic E-state index is 3.88. The van der Waals surface area contributed by atoms with Gasteiger partial charge in [0.25, 0.3) is 0 Å². The summed E-state index contributed by atoms with van der Waals surface area (Å²) < 4.78 is 0. The topological polar surface area (TPSA) is 43.6 Å². The van der Waals surface area contributed by atoms with E-state index in [9.17, 15) is 0 Å². The summed E-state index contributed by atoms with van der Waals surface area (Å²) >= 11 is 1.57. The van der Waals surface area contributed by atoms with Gasteiger partial charge in [0.2, 0.25) is 0 Å². The lowest BCUT2D eigenvalue weighted by atomic mass is 10.5. The summed E-state index contributed by atoms with van der Waals surface area (Å²) in [6, 6.07) is 3.88. The van der Waals surface area contributed by atoms with Crippen LogP contribution in [0.5, 0.6) is 0 Å². The SMILES string of the molecule is [c]1ccc(Cn2ncnn2)s1. The molecule has 0 unspecified atom stereocenters. The Morgan fingerprint density at radius 1 is 1.64 bits per heavy atom. The van der Waals surface area contributed by atoms with Crippen LogP contribution in [0.15, 0.2) is 18.5 Å². The Hall–Kier alpha value is -1.23. The first-order chi connectivity index (χ1) is 5.45. The van der Waals surface area contributed by atoms with Crippen molar-refractivity contribution in [2.75, 3.05) is 0 Å². The number of hydrogen-bond acceptors (Lipinski definition) is 4. The van der Waals surface area contributed by atoms with Gasteiger partial charge in [-0.25, -0.2) is 0 Å². The monoisotopic (exact) mass is 165 g/mol. The molecular weight excluding hydrogens is 160 g/mol. The summed E-state index contributed by atoms with van der Waals surface area (Å²) in [5.74, 6) is 0. The van der Waals surface area contributed by atoms with Crippen LogP contribution in [0, 0.1) is 5.38 Å². The molecule has 0 aliphatic heterocycles. The number of hydrogen-bond donors (Lipinski definition) is 0. The van der Waals surface area contributed by atoms with Crippen LogP contribution in [0.1, 0.15) is 4.88 Å². The average Bonchev–Trinajstić information content (AvgIpc) is 2.60. The number of rotatable bonds is 2. The highest BCUT2D eigenvalue weighted by atomic mass is 32.1. The zero-order valence-corrected chi connectivity index (χ0v) is 6.45. The number of tetrazole rings is 1. The molecule has 0 saturated heterocycles. The van der Waals surface area contributed by atoms with E-state index in [1.54, 1.807) is 16.1 Å². The second-order valence-electron chi connectivity index (χ2n) is 1.99. The van der Waals surface area contributed by atoms with Crippen molar-refractivity contribution in [2.45, 2.75) is 6.54 Å². The first kappa shape index (κ1) is 6.48. The van der Waals surface area contributed by atoms with Gasteiger partial charge in [0.1, 0.15) is 0 Å². The van der Waals surface area contributed by atoms with Crippen LogP contribution in [0.25, 0.3) is 0 Å². The minimum absolute atomic E-state index is 0.689. The van der Waals surface area contributed by atoms with Gasteiger partial charge in [0, 0.05) is 10.3 Å². The molecule has 0 saturated carbocycles. The third-order valence-corrected chi connectivity index (χ3v) is 2.00. The summed E-state index contributed by atoms with van der Waals surface area (Å²) in [5.41, 5.74) is 0. The van der Waals surface area contributed by atoms with Gasteiger partial charge in [0.05, 0.1) is 6.54 Å². The van der Waals surface area contributed by atoms with Crippen LogP contribution in [-0.2, 0) is 6.54 Å². The largest absolute Gasteiger partial charge is 0.162 e. The molecule has 5 heteroatoms. The Morgan fingerprint density at radius 2 is 2.64 bits per heavy atom. The number of thiophene rings is 1. The van der Waals surface area contributed by atoms with E-state index in [1.165, 1.54) is 11.2 Å². The molecule has 0 amide bonds. The van der Waals surface area contributed by atoms with Crippen LogP contribution in [0.3, 0.4) is 0 Å². The fraction of sp³-hybridized carbons (Fsp3) is 0.167. The molecular formula is C6H5N4S. The van der Waals surface area contributed by atoms with Crippen LogP contribution in [-0.4, -0.2) is 20.2 Å². The second-order valence-corrected chi connectivity index (χ2v) is 2.95. The third-order valence-electron chi connectivity index (χ3n) is 1.22. The first-order valence-corrected chi connectivity index (χ1v) is 3.92. The summed E-state index contributed by atoms with van der Waals surface area (Å²) in [4.78, 5) is 2.72. The summed E-state index contributed by atoms with van der Waals surface area (Å²) in [5, 5.41) is 14.2. The average molecular weight is 165 g/mol. The van der Waals surface area contributed by atoms with Crippen molar-refractivity contribution in [3.8, 4) is 0 Å². The van der Waals surface area contributed by atoms with E-state index in [-0.39, 0.29) is 0 Å². The van der Waals surface area contributed by atoms with Gasteiger partial charge in [-0.15, -0.1) is 21.5 Å². The molecule has 0 bridgehead atoms. The molecule has 0 aromatic carbocycles. The van der Waals surface area contributed by atoms with Crippen LogP contribution in [0.4, 0.5) is 0 Å². The van der Waals surface area contributed by atoms with E-state index in [2.05, 4.69) is 20.8 Å². The molecule has 2 aromatic heterocycles. The molecule has 2 heterocycles. The van der Waals surface area contributed by atoms with Gasteiger partial charge in [-0.05, 0) is 17.3 Å². The zero-order valence-electron chi connectivity index (χ0n) is 5.64. The minimum Gasteiger partial charge on any atom is -0.159 e. The van der Waals surface area contributed by atoms with E-state index in [0.29, 0.717) is 6.54 Å². The predicted molar refractivity (Wildman–Crippen MR) is 40.1 cm³/mol.